The van der Waals surface area contributed by atoms with Crippen LogP contribution in [0.4, 0.5) is 0 Å². The van der Waals surface area contributed by atoms with E-state index in [0.29, 0.717) is 57.8 Å². The predicted octanol–water partition coefficient (Wildman–Crippen LogP) is 4.95. The average Bonchev–Trinajstić information content (AvgIpc) is 3.32. The quantitative estimate of drug-likeness (QED) is 0.137. The summed E-state index contributed by atoms with van der Waals surface area (Å²) in [6.45, 7) is 19.9. The predicted molar refractivity (Wildman–Crippen MR) is 263 cm³/mol. The van der Waals surface area contributed by atoms with E-state index in [4.69, 9.17) is 23.7 Å². The Morgan fingerprint density at radius 2 is 1.49 bits per heavy atom. The molecule has 0 amide bonds. The van der Waals surface area contributed by atoms with Crippen LogP contribution in [0.2, 0.25) is 0 Å². The molecule has 21 unspecified atom stereocenters. The van der Waals surface area contributed by atoms with Gasteiger partial charge in [-0.1, -0.05) is 99.1 Å². The topological polar surface area (TPSA) is 266 Å². The lowest BCUT2D eigenvalue weighted by atomic mass is 9.72. The molecule has 16 nitrogen and oxygen atoms in total. The number of hydrogen-bond acceptors (Lipinski definition) is 16. The van der Waals surface area contributed by atoms with Gasteiger partial charge in [-0.05, 0) is 77.0 Å². The van der Waals surface area contributed by atoms with Gasteiger partial charge in [0.15, 0.2) is 17.9 Å². The van der Waals surface area contributed by atoms with E-state index in [1.807, 2.05) is 58.9 Å². The number of rotatable bonds is 9. The number of allylic oxidation sites excluding steroid dienone is 4. The molecule has 406 valence electrons. The minimum absolute atomic E-state index is 0.0936. The number of carbonyl (C=O) groups is 1. The van der Waals surface area contributed by atoms with Gasteiger partial charge in [-0.25, -0.2) is 4.79 Å². The van der Waals surface area contributed by atoms with Gasteiger partial charge < -0.3 is 74.7 Å². The first kappa shape index (κ1) is 60.7. The highest BCUT2D eigenvalue weighted by Crippen LogP contribution is 2.54. The van der Waals surface area contributed by atoms with Crippen molar-refractivity contribution in [1.29, 1.82) is 0 Å². The Bertz CT molecular complexity index is 1680. The van der Waals surface area contributed by atoms with E-state index in [1.165, 1.54) is 12.2 Å². The van der Waals surface area contributed by atoms with Gasteiger partial charge in [-0.3, -0.25) is 0 Å². The van der Waals surface area contributed by atoms with E-state index in [2.05, 4.69) is 0 Å². The van der Waals surface area contributed by atoms with Crippen LogP contribution in [-0.4, -0.2) is 154 Å². The number of carbonyl (C=O) groups excluding carboxylic acids is 1. The monoisotopic (exact) mass is 999 g/mol. The van der Waals surface area contributed by atoms with Crippen molar-refractivity contribution in [1.82, 2.24) is 0 Å². The number of esters is 1. The zero-order valence-electron chi connectivity index (χ0n) is 44.0. The van der Waals surface area contributed by atoms with Crippen molar-refractivity contribution < 1.29 is 79.5 Å². The highest BCUT2D eigenvalue weighted by atomic mass is 16.8. The molecule has 70 heavy (non-hydrogen) atoms. The number of hydrogen-bond donors (Lipinski definition) is 10. The van der Waals surface area contributed by atoms with Gasteiger partial charge in [0.05, 0.1) is 54.9 Å². The molecule has 3 fully saturated rings. The van der Waals surface area contributed by atoms with E-state index in [1.54, 1.807) is 41.5 Å². The van der Waals surface area contributed by atoms with Crippen molar-refractivity contribution in [2.45, 2.75) is 250 Å². The van der Waals surface area contributed by atoms with Crippen LogP contribution < -0.4 is 0 Å². The summed E-state index contributed by atoms with van der Waals surface area (Å²) in [5, 5.41) is 112. The molecule has 0 aromatic rings. The third-order valence-corrected chi connectivity index (χ3v) is 16.6. The number of ether oxygens (including phenoxy) is 5. The fourth-order valence-electron chi connectivity index (χ4n) is 11.5. The van der Waals surface area contributed by atoms with Gasteiger partial charge in [-0.15, -0.1) is 0 Å². The summed E-state index contributed by atoms with van der Waals surface area (Å²) in [5.74, 6) is -7.50. The zero-order chi connectivity index (χ0) is 52.5. The number of aliphatic hydroxyl groups is 10. The lowest BCUT2D eigenvalue weighted by Gasteiger charge is -2.60. The van der Waals surface area contributed by atoms with Crippen LogP contribution in [0, 0.1) is 47.3 Å². The maximum absolute atomic E-state index is 14.0. The Balaban J connectivity index is 1.77. The van der Waals surface area contributed by atoms with Crippen LogP contribution in [0.5, 0.6) is 0 Å². The van der Waals surface area contributed by atoms with Gasteiger partial charge in [0.2, 0.25) is 0 Å². The maximum Gasteiger partial charge on any atom is 0.330 e. The molecule has 24 atom stereocenters. The zero-order valence-corrected chi connectivity index (χ0v) is 44.0. The van der Waals surface area contributed by atoms with E-state index < -0.39 is 139 Å². The highest BCUT2D eigenvalue weighted by molar-refractivity contribution is 5.82. The van der Waals surface area contributed by atoms with Crippen LogP contribution in [0.3, 0.4) is 0 Å². The van der Waals surface area contributed by atoms with Crippen LogP contribution in [-0.2, 0) is 28.5 Å². The minimum atomic E-state index is -2.21. The third kappa shape index (κ3) is 14.5. The van der Waals surface area contributed by atoms with Gasteiger partial charge in [0, 0.05) is 60.8 Å². The Labute approximate surface area is 418 Å². The molecule has 0 saturated carbocycles. The Morgan fingerprint density at radius 1 is 0.800 bits per heavy atom. The fourth-order valence-corrected chi connectivity index (χ4v) is 11.5. The first-order valence-electron chi connectivity index (χ1n) is 26.6. The molecule has 0 aromatic carbocycles. The maximum atomic E-state index is 14.0. The second kappa shape index (κ2) is 26.6. The van der Waals surface area contributed by atoms with Crippen molar-refractivity contribution in [2.75, 3.05) is 0 Å². The van der Waals surface area contributed by atoms with Crippen molar-refractivity contribution in [3.8, 4) is 0 Å². The summed E-state index contributed by atoms with van der Waals surface area (Å²) in [6.07, 6.45) is -0.369. The minimum Gasteiger partial charge on any atom is -0.458 e. The Kier molecular flexibility index (Phi) is 23.0. The number of fused-ring (bicyclic) bond motifs is 2. The van der Waals surface area contributed by atoms with Gasteiger partial charge in [-0.2, -0.15) is 0 Å². The van der Waals surface area contributed by atoms with Crippen LogP contribution in [0.15, 0.2) is 36.5 Å². The Hall–Kier alpha value is -1.87. The van der Waals surface area contributed by atoms with Crippen LogP contribution in [0.25, 0.3) is 0 Å². The van der Waals surface area contributed by atoms with Crippen LogP contribution in [0.1, 0.15) is 153 Å². The van der Waals surface area contributed by atoms with Crippen molar-refractivity contribution in [3.63, 3.8) is 0 Å². The summed E-state index contributed by atoms with van der Waals surface area (Å²) in [7, 11) is 0. The molecule has 0 aromatic heterocycles. The highest BCUT2D eigenvalue weighted by Gasteiger charge is 2.63. The lowest BCUT2D eigenvalue weighted by molar-refractivity contribution is -0.472. The summed E-state index contributed by atoms with van der Waals surface area (Å²) in [4.78, 5) is 14.0. The van der Waals surface area contributed by atoms with E-state index >= 15 is 0 Å². The molecule has 16 heteroatoms. The summed E-state index contributed by atoms with van der Waals surface area (Å²) >= 11 is 0. The van der Waals surface area contributed by atoms with Crippen molar-refractivity contribution >= 4 is 5.97 Å². The molecule has 3 saturated heterocycles. The molecule has 4 rings (SSSR count). The lowest BCUT2D eigenvalue weighted by Crippen LogP contribution is -2.68. The normalized spacial score (nSPS) is 47.4. The largest absolute Gasteiger partial charge is 0.458 e. The summed E-state index contributed by atoms with van der Waals surface area (Å²) in [6, 6.07) is 0. The first-order valence-corrected chi connectivity index (χ1v) is 26.6. The molecular weight excluding hydrogens is 905 g/mol. The molecule has 4 aliphatic rings. The van der Waals surface area contributed by atoms with Crippen molar-refractivity contribution in [2.24, 2.45) is 47.3 Å². The molecule has 10 N–H and O–H groups in total. The van der Waals surface area contributed by atoms with E-state index in [9.17, 15) is 55.9 Å². The fraction of sp³-hybridized carbons (Fsp3) is 0.870. The third-order valence-electron chi connectivity index (χ3n) is 16.6. The first-order chi connectivity index (χ1) is 32.8. The molecule has 0 radical (unpaired) electrons. The molecule has 0 aliphatic carbocycles. The average molecular weight is 999 g/mol. The van der Waals surface area contributed by atoms with Crippen molar-refractivity contribution in [3.05, 3.63) is 36.5 Å². The number of aliphatic hydroxyl groups excluding tert-OH is 9. The molecular formula is C54H94O16. The van der Waals surface area contributed by atoms with Gasteiger partial charge >= 0.3 is 5.97 Å². The molecule has 1 spiro atoms. The second-order valence-corrected chi connectivity index (χ2v) is 22.1. The standard InChI is InChI=1S/C54H94O16/c1-12-26-52(65)50(63)31(4)17-15-14-16-18-39(28-33(6)55)20-22-44-35(8)49(67-45(60)23-19-30(3)47(61)34(7)42(58)29-43(59)48(62)51(52)64)37(10)53(68-44)27-25-32(5)54(70-53,36(9)40(56)13-2)69-46-24-21-41(57)38(11)66-46/h14-16,18-19,23,30-44,46-51,55-59,61-65H,12-13,17,20-22,24-29H2,1-11H3/b15-14+,18-16+,23-19+/t30?,31?,32?,33?,34?,35?,36?,37?,38-,39?,40?,41-,42?,43?,44?,46+,47?,48?,49?,50?,51?,52?,53?,54?/m1/s1. The smallest absolute Gasteiger partial charge is 0.330 e. The molecule has 2 bridgehead atoms. The summed E-state index contributed by atoms with van der Waals surface area (Å²) < 4.78 is 34.1. The molecule has 4 heterocycles. The van der Waals surface area contributed by atoms with Crippen LogP contribution >= 0.6 is 0 Å². The van der Waals surface area contributed by atoms with Gasteiger partial charge in [0.25, 0.3) is 0 Å². The van der Waals surface area contributed by atoms with E-state index in [0.717, 1.165) is 0 Å². The summed E-state index contributed by atoms with van der Waals surface area (Å²) in [5.41, 5.74) is -2.21. The van der Waals surface area contributed by atoms with Gasteiger partial charge in [0.1, 0.15) is 23.9 Å². The Morgan fingerprint density at radius 3 is 2.11 bits per heavy atom. The van der Waals surface area contributed by atoms with E-state index in [-0.39, 0.29) is 30.6 Å². The second-order valence-electron chi connectivity index (χ2n) is 22.1. The molecule has 4 aliphatic heterocycles. The SMILES string of the molecule is CCCC1(O)C(O)C(C)C/C=C/C=C/C(CC(C)O)CCC2OC3(CCC(C)C(O[C@H]4CC[C@@H](O)[C@@H](C)O4)(C(C)C(O)CC)O3)C(C)C(OC(=O)/C=C/C(C)C(O)C(C)C(O)CC(O)C(O)C1O)C2C.